The van der Waals surface area contributed by atoms with Gasteiger partial charge in [-0.15, -0.1) is 0 Å². The second-order valence-corrected chi connectivity index (χ2v) is 6.45. The summed E-state index contributed by atoms with van der Waals surface area (Å²) in [5.74, 6) is 0.0431. The number of hydrogen-bond acceptors (Lipinski definition) is 3. The number of nitrogens with zero attached hydrogens (tertiary/aromatic N) is 1. The van der Waals surface area contributed by atoms with Crippen LogP contribution in [0.15, 0.2) is 30.3 Å². The van der Waals surface area contributed by atoms with Crippen LogP contribution in [0.1, 0.15) is 18.5 Å². The van der Waals surface area contributed by atoms with E-state index in [9.17, 15) is 13.8 Å². The van der Waals surface area contributed by atoms with Crippen molar-refractivity contribution >= 4 is 22.6 Å². The fourth-order valence-electron chi connectivity index (χ4n) is 2.34. The number of carbonyl (C=O) groups is 2. The average molecular weight is 294 g/mol. The van der Waals surface area contributed by atoms with Crippen LogP contribution in [0.25, 0.3) is 0 Å². The minimum Gasteiger partial charge on any atom is -0.339 e. The van der Waals surface area contributed by atoms with E-state index < -0.39 is 16.8 Å². The zero-order valence-corrected chi connectivity index (χ0v) is 12.4. The smallest absolute Gasteiger partial charge is 0.250 e. The van der Waals surface area contributed by atoms with Crippen LogP contribution >= 0.6 is 0 Å². The van der Waals surface area contributed by atoms with Crippen LogP contribution < -0.4 is 5.32 Å². The van der Waals surface area contributed by atoms with Crippen molar-refractivity contribution < 1.29 is 13.8 Å². The van der Waals surface area contributed by atoms with Gasteiger partial charge in [-0.1, -0.05) is 30.3 Å². The van der Waals surface area contributed by atoms with E-state index in [-0.39, 0.29) is 24.4 Å². The molecule has 1 fully saturated rings. The molecule has 0 radical (unpaired) electrons. The number of carbonyl (C=O) groups excluding carboxylic acids is 2. The number of piperazine rings is 1. The molecule has 3 atom stereocenters. The summed E-state index contributed by atoms with van der Waals surface area (Å²) in [7, 11) is -1.00. The molecule has 1 heterocycles. The lowest BCUT2D eigenvalue weighted by atomic mass is 10.0. The van der Waals surface area contributed by atoms with Crippen LogP contribution in [0.2, 0.25) is 0 Å². The van der Waals surface area contributed by atoms with Crippen molar-refractivity contribution in [1.82, 2.24) is 10.2 Å². The van der Waals surface area contributed by atoms with Crippen molar-refractivity contribution in [1.29, 1.82) is 0 Å². The van der Waals surface area contributed by atoms with Gasteiger partial charge < -0.3 is 10.2 Å². The molecule has 0 aliphatic carbocycles. The van der Waals surface area contributed by atoms with Crippen molar-refractivity contribution in [3.8, 4) is 0 Å². The van der Waals surface area contributed by atoms with Gasteiger partial charge in [0.25, 0.3) is 5.91 Å². The molecule has 0 aromatic heterocycles. The van der Waals surface area contributed by atoms with Gasteiger partial charge >= 0.3 is 0 Å². The minimum absolute atomic E-state index is 0.0283. The predicted molar refractivity (Wildman–Crippen MR) is 77.4 cm³/mol. The molecule has 0 bridgehead atoms. The van der Waals surface area contributed by atoms with Crippen LogP contribution in [0.5, 0.6) is 0 Å². The normalized spacial score (nSPS) is 22.3. The molecule has 3 unspecified atom stereocenters. The lowest BCUT2D eigenvalue weighted by Gasteiger charge is -2.36. The fourth-order valence-corrected chi connectivity index (χ4v) is 3.20. The maximum Gasteiger partial charge on any atom is 0.250 e. The third-order valence-electron chi connectivity index (χ3n) is 3.29. The van der Waals surface area contributed by atoms with Crippen molar-refractivity contribution in [3.63, 3.8) is 0 Å². The zero-order chi connectivity index (χ0) is 14.7. The topological polar surface area (TPSA) is 66.5 Å². The second-order valence-electron chi connectivity index (χ2n) is 4.97. The van der Waals surface area contributed by atoms with E-state index in [0.717, 1.165) is 5.56 Å². The molecule has 5 nitrogen and oxygen atoms in total. The minimum atomic E-state index is -1.00. The zero-order valence-electron chi connectivity index (χ0n) is 11.5. The van der Waals surface area contributed by atoms with E-state index >= 15 is 0 Å². The van der Waals surface area contributed by atoms with E-state index in [2.05, 4.69) is 5.32 Å². The van der Waals surface area contributed by atoms with Gasteiger partial charge in [-0.05, 0) is 12.5 Å². The maximum atomic E-state index is 12.5. The maximum absolute atomic E-state index is 12.5. The van der Waals surface area contributed by atoms with Crippen molar-refractivity contribution in [2.45, 2.75) is 19.0 Å². The Morgan fingerprint density at radius 3 is 2.60 bits per heavy atom. The molecule has 1 aromatic carbocycles. The first-order valence-corrected chi connectivity index (χ1v) is 8.16. The molecule has 1 aromatic rings. The Hall–Kier alpha value is -1.69. The Kier molecular flexibility index (Phi) is 4.54. The third kappa shape index (κ3) is 3.25. The van der Waals surface area contributed by atoms with Gasteiger partial charge in [0.1, 0.15) is 6.04 Å². The first kappa shape index (κ1) is 14.7. The molecule has 1 aliphatic heterocycles. The van der Waals surface area contributed by atoms with E-state index in [1.807, 2.05) is 37.3 Å². The molecular weight excluding hydrogens is 276 g/mol. The summed E-state index contributed by atoms with van der Waals surface area (Å²) in [4.78, 5) is 25.8. The SMILES string of the molecule is CC(CS(C)=O)N1CC(=O)NC(c2ccccc2)C1=O. The number of nitrogens with one attached hydrogen (secondary N) is 1. The predicted octanol–water partition coefficient (Wildman–Crippen LogP) is 0.453. The van der Waals surface area contributed by atoms with Crippen LogP contribution in [-0.4, -0.2) is 45.5 Å². The molecule has 20 heavy (non-hydrogen) atoms. The highest BCUT2D eigenvalue weighted by Crippen LogP contribution is 2.20. The Labute approximate surface area is 120 Å². The van der Waals surface area contributed by atoms with Gasteiger partial charge in [0.05, 0.1) is 6.54 Å². The van der Waals surface area contributed by atoms with E-state index in [1.165, 1.54) is 4.90 Å². The summed E-state index contributed by atoms with van der Waals surface area (Å²) in [6.45, 7) is 1.85. The number of rotatable bonds is 4. The van der Waals surface area contributed by atoms with Crippen LogP contribution in [0.4, 0.5) is 0 Å². The Bertz CT molecular complexity index is 532. The first-order chi connectivity index (χ1) is 9.49. The highest BCUT2D eigenvalue weighted by atomic mass is 32.2. The lowest BCUT2D eigenvalue weighted by Crippen LogP contribution is -2.57. The molecule has 108 valence electrons. The highest BCUT2D eigenvalue weighted by molar-refractivity contribution is 7.84. The standard InChI is InChI=1S/C14H18N2O3S/c1-10(9-20(2)19)16-8-12(17)15-13(14(16)18)11-6-4-3-5-7-11/h3-7,10,13H,8-9H2,1-2H3,(H,15,17). The summed E-state index contributed by atoms with van der Waals surface area (Å²) >= 11 is 0. The summed E-state index contributed by atoms with van der Waals surface area (Å²) in [5.41, 5.74) is 0.764. The molecule has 2 rings (SSSR count). The molecule has 6 heteroatoms. The molecule has 1 saturated heterocycles. The van der Waals surface area contributed by atoms with Gasteiger partial charge in [-0.25, -0.2) is 0 Å². The van der Waals surface area contributed by atoms with E-state index in [0.29, 0.717) is 5.75 Å². The van der Waals surface area contributed by atoms with Crippen molar-refractivity contribution in [2.75, 3.05) is 18.6 Å². The van der Waals surface area contributed by atoms with Gasteiger partial charge in [-0.2, -0.15) is 0 Å². The van der Waals surface area contributed by atoms with Gasteiger partial charge in [0, 0.05) is 28.9 Å². The van der Waals surface area contributed by atoms with Gasteiger partial charge in [0.15, 0.2) is 0 Å². The summed E-state index contributed by atoms with van der Waals surface area (Å²) in [6.07, 6.45) is 1.60. The number of hydrogen-bond donors (Lipinski definition) is 1. The lowest BCUT2D eigenvalue weighted by molar-refractivity contribution is -0.146. The van der Waals surface area contributed by atoms with Gasteiger partial charge in [0.2, 0.25) is 5.91 Å². The molecule has 1 N–H and O–H groups in total. The van der Waals surface area contributed by atoms with Crippen molar-refractivity contribution in [2.24, 2.45) is 0 Å². The number of amides is 2. The Morgan fingerprint density at radius 1 is 1.35 bits per heavy atom. The summed E-state index contributed by atoms with van der Waals surface area (Å²) in [5, 5.41) is 2.71. The number of benzene rings is 1. The second kappa shape index (κ2) is 6.17. The average Bonchev–Trinajstić information content (AvgIpc) is 2.41. The van der Waals surface area contributed by atoms with Crippen LogP contribution in [0.3, 0.4) is 0 Å². The summed E-state index contributed by atoms with van der Waals surface area (Å²) < 4.78 is 11.3. The molecule has 2 amide bonds. The van der Waals surface area contributed by atoms with Crippen LogP contribution in [-0.2, 0) is 20.4 Å². The molecule has 0 spiro atoms. The quantitative estimate of drug-likeness (QED) is 0.877. The fraction of sp³-hybridized carbons (Fsp3) is 0.429. The largest absolute Gasteiger partial charge is 0.339 e. The Morgan fingerprint density at radius 2 is 2.00 bits per heavy atom. The first-order valence-electron chi connectivity index (χ1n) is 6.44. The highest BCUT2D eigenvalue weighted by Gasteiger charge is 2.36. The Balaban J connectivity index is 2.21. The molecule has 1 aliphatic rings. The van der Waals surface area contributed by atoms with E-state index in [4.69, 9.17) is 0 Å². The van der Waals surface area contributed by atoms with Crippen LogP contribution in [0, 0.1) is 0 Å². The summed E-state index contributed by atoms with van der Waals surface area (Å²) in [6, 6.07) is 8.29. The van der Waals surface area contributed by atoms with Gasteiger partial charge in [-0.3, -0.25) is 13.8 Å². The third-order valence-corrected chi connectivity index (χ3v) is 4.24. The molecular formula is C14H18N2O3S. The molecule has 0 saturated carbocycles. The monoisotopic (exact) mass is 294 g/mol. The van der Waals surface area contributed by atoms with Crippen molar-refractivity contribution in [3.05, 3.63) is 35.9 Å². The van der Waals surface area contributed by atoms with E-state index in [1.54, 1.807) is 6.26 Å².